The fourth-order valence-electron chi connectivity index (χ4n) is 1.23. The first-order chi connectivity index (χ1) is 6.69. The van der Waals surface area contributed by atoms with Gasteiger partial charge in [0, 0.05) is 5.33 Å². The van der Waals surface area contributed by atoms with E-state index in [-0.39, 0.29) is 11.1 Å². The number of carbonyl (C=O) groups is 1. The van der Waals surface area contributed by atoms with Gasteiger partial charge in [0.1, 0.15) is 6.67 Å². The predicted molar refractivity (Wildman–Crippen MR) is 55.7 cm³/mol. The molecule has 0 saturated carbocycles. The Balaban J connectivity index is 3.05. The van der Waals surface area contributed by atoms with Gasteiger partial charge in [0.05, 0.1) is 5.56 Å². The number of carboxylic acid groups (broad SMARTS) is 1. The van der Waals surface area contributed by atoms with Gasteiger partial charge in [0.25, 0.3) is 0 Å². The van der Waals surface area contributed by atoms with E-state index in [2.05, 4.69) is 15.9 Å². The quantitative estimate of drug-likeness (QED) is 0.846. The summed E-state index contributed by atoms with van der Waals surface area (Å²) in [5.74, 6) is -1.08. The third-order valence-corrected chi connectivity index (χ3v) is 2.32. The Labute approximate surface area is 89.9 Å². The molecule has 0 saturated heterocycles. The average Bonchev–Trinajstić information content (AvgIpc) is 2.17. The average molecular weight is 261 g/mol. The van der Waals surface area contributed by atoms with Crippen molar-refractivity contribution >= 4 is 21.9 Å². The van der Waals surface area contributed by atoms with Gasteiger partial charge in [-0.1, -0.05) is 28.1 Å². The van der Waals surface area contributed by atoms with Crippen LogP contribution in [0.2, 0.25) is 0 Å². The fraction of sp³-hybridized carbons (Fsp3) is 0.300. The summed E-state index contributed by atoms with van der Waals surface area (Å²) in [5.41, 5.74) is 1.24. The maximum atomic E-state index is 12.5. The summed E-state index contributed by atoms with van der Waals surface area (Å²) in [6.45, 7) is -0.738. The summed E-state index contributed by atoms with van der Waals surface area (Å²) in [7, 11) is 0. The highest BCUT2D eigenvalue weighted by Crippen LogP contribution is 2.14. The van der Waals surface area contributed by atoms with E-state index in [9.17, 15) is 9.18 Å². The van der Waals surface area contributed by atoms with Crippen LogP contribution in [0.3, 0.4) is 0 Å². The summed E-state index contributed by atoms with van der Waals surface area (Å²) < 4.78 is 12.5. The van der Waals surface area contributed by atoms with Crippen molar-refractivity contribution in [3.63, 3.8) is 0 Å². The molecular formula is C10H10BrFO2. The molecular weight excluding hydrogens is 251 g/mol. The number of aryl methyl sites for hydroxylation is 1. The van der Waals surface area contributed by atoms with Crippen LogP contribution in [0, 0.1) is 0 Å². The first-order valence-electron chi connectivity index (χ1n) is 4.16. The SMILES string of the molecule is O=C(O)c1ccc(CCBr)cc1CF. The highest BCUT2D eigenvalue weighted by molar-refractivity contribution is 9.09. The summed E-state index contributed by atoms with van der Waals surface area (Å²) in [5, 5.41) is 9.52. The fourth-order valence-corrected chi connectivity index (χ4v) is 1.69. The monoisotopic (exact) mass is 260 g/mol. The summed E-state index contributed by atoms with van der Waals surface area (Å²) in [6.07, 6.45) is 0.771. The molecule has 14 heavy (non-hydrogen) atoms. The molecule has 1 rings (SSSR count). The minimum atomic E-state index is -1.08. The Hall–Kier alpha value is -0.900. The van der Waals surface area contributed by atoms with Crippen LogP contribution in [-0.4, -0.2) is 16.4 Å². The molecule has 0 aliphatic heterocycles. The van der Waals surface area contributed by atoms with Crippen LogP contribution in [-0.2, 0) is 13.1 Å². The molecule has 0 bridgehead atoms. The molecule has 76 valence electrons. The first kappa shape index (κ1) is 11.2. The Morgan fingerprint density at radius 2 is 2.21 bits per heavy atom. The van der Waals surface area contributed by atoms with Crippen LogP contribution in [0.5, 0.6) is 0 Å². The molecule has 0 amide bonds. The van der Waals surface area contributed by atoms with Gasteiger partial charge in [-0.15, -0.1) is 0 Å². The van der Waals surface area contributed by atoms with Gasteiger partial charge >= 0.3 is 5.97 Å². The largest absolute Gasteiger partial charge is 0.478 e. The van der Waals surface area contributed by atoms with E-state index in [0.29, 0.717) is 0 Å². The summed E-state index contributed by atoms with van der Waals surface area (Å²) >= 11 is 3.27. The number of benzene rings is 1. The molecule has 2 nitrogen and oxygen atoms in total. The van der Waals surface area contributed by atoms with Crippen LogP contribution in [0.4, 0.5) is 4.39 Å². The van der Waals surface area contributed by atoms with Gasteiger partial charge < -0.3 is 5.11 Å². The van der Waals surface area contributed by atoms with E-state index < -0.39 is 12.6 Å². The third-order valence-electron chi connectivity index (χ3n) is 1.93. The van der Waals surface area contributed by atoms with Crippen LogP contribution in [0.15, 0.2) is 18.2 Å². The highest BCUT2D eigenvalue weighted by atomic mass is 79.9. The summed E-state index contributed by atoms with van der Waals surface area (Å²) in [6, 6.07) is 4.77. The second-order valence-corrected chi connectivity index (χ2v) is 3.66. The zero-order valence-electron chi connectivity index (χ0n) is 7.46. The lowest BCUT2D eigenvalue weighted by atomic mass is 10.0. The van der Waals surface area contributed by atoms with Crippen LogP contribution in [0.1, 0.15) is 21.5 Å². The maximum Gasteiger partial charge on any atom is 0.336 e. The number of hydrogen-bond donors (Lipinski definition) is 1. The third kappa shape index (κ3) is 2.54. The maximum absolute atomic E-state index is 12.5. The topological polar surface area (TPSA) is 37.3 Å². The Morgan fingerprint density at radius 3 is 2.71 bits per heavy atom. The lowest BCUT2D eigenvalue weighted by molar-refractivity contribution is 0.0695. The van der Waals surface area contributed by atoms with Crippen molar-refractivity contribution in [3.05, 3.63) is 34.9 Å². The predicted octanol–water partition coefficient (Wildman–Crippen LogP) is 2.79. The van der Waals surface area contributed by atoms with Crippen molar-refractivity contribution < 1.29 is 14.3 Å². The van der Waals surface area contributed by atoms with Gasteiger partial charge in [-0.3, -0.25) is 0 Å². The van der Waals surface area contributed by atoms with Crippen molar-refractivity contribution in [2.75, 3.05) is 5.33 Å². The highest BCUT2D eigenvalue weighted by Gasteiger charge is 2.09. The van der Waals surface area contributed by atoms with Crippen molar-refractivity contribution in [1.29, 1.82) is 0 Å². The lowest BCUT2D eigenvalue weighted by Gasteiger charge is -2.04. The van der Waals surface area contributed by atoms with E-state index in [1.54, 1.807) is 12.1 Å². The van der Waals surface area contributed by atoms with E-state index in [1.807, 2.05) is 0 Å². The second-order valence-electron chi connectivity index (χ2n) is 2.87. The molecule has 1 aromatic rings. The molecule has 0 atom stereocenters. The van der Waals surface area contributed by atoms with E-state index in [0.717, 1.165) is 17.3 Å². The Kier molecular flexibility index (Phi) is 4.07. The molecule has 0 radical (unpaired) electrons. The zero-order chi connectivity index (χ0) is 10.6. The molecule has 1 N–H and O–H groups in total. The van der Waals surface area contributed by atoms with Crippen molar-refractivity contribution in [3.8, 4) is 0 Å². The lowest BCUT2D eigenvalue weighted by Crippen LogP contribution is -2.02. The summed E-state index contributed by atoms with van der Waals surface area (Å²) in [4.78, 5) is 10.7. The Bertz CT molecular complexity index is 339. The molecule has 0 aliphatic carbocycles. The molecule has 4 heteroatoms. The van der Waals surface area contributed by atoms with E-state index >= 15 is 0 Å². The number of alkyl halides is 2. The van der Waals surface area contributed by atoms with Gasteiger partial charge in [0.2, 0.25) is 0 Å². The second kappa shape index (κ2) is 5.10. The van der Waals surface area contributed by atoms with Gasteiger partial charge in [-0.25, -0.2) is 9.18 Å². The molecule has 0 unspecified atom stereocenters. The van der Waals surface area contributed by atoms with Gasteiger partial charge in [0.15, 0.2) is 0 Å². The van der Waals surface area contributed by atoms with Crippen molar-refractivity contribution in [1.82, 2.24) is 0 Å². The van der Waals surface area contributed by atoms with E-state index in [1.165, 1.54) is 6.07 Å². The van der Waals surface area contributed by atoms with Crippen LogP contribution < -0.4 is 0 Å². The number of rotatable bonds is 4. The van der Waals surface area contributed by atoms with Gasteiger partial charge in [-0.05, 0) is 23.6 Å². The number of carboxylic acids is 1. The van der Waals surface area contributed by atoms with Gasteiger partial charge in [-0.2, -0.15) is 0 Å². The zero-order valence-corrected chi connectivity index (χ0v) is 9.05. The standard InChI is InChI=1S/C10H10BrFO2/c11-4-3-7-1-2-9(10(13)14)8(5-7)6-12/h1-2,5H,3-4,6H2,(H,13,14). The normalized spacial score (nSPS) is 10.1. The number of hydrogen-bond acceptors (Lipinski definition) is 1. The van der Waals surface area contributed by atoms with E-state index in [4.69, 9.17) is 5.11 Å². The first-order valence-corrected chi connectivity index (χ1v) is 5.28. The molecule has 0 spiro atoms. The van der Waals surface area contributed by atoms with Crippen molar-refractivity contribution in [2.24, 2.45) is 0 Å². The molecule has 0 fully saturated rings. The minimum absolute atomic E-state index is 0.0471. The molecule has 0 aromatic heterocycles. The van der Waals surface area contributed by atoms with Crippen molar-refractivity contribution in [2.45, 2.75) is 13.1 Å². The molecule has 0 aliphatic rings. The molecule has 0 heterocycles. The number of halogens is 2. The smallest absolute Gasteiger partial charge is 0.336 e. The minimum Gasteiger partial charge on any atom is -0.478 e. The Morgan fingerprint density at radius 1 is 1.50 bits per heavy atom. The van der Waals surface area contributed by atoms with Crippen LogP contribution in [0.25, 0.3) is 0 Å². The molecule has 1 aromatic carbocycles. The van der Waals surface area contributed by atoms with Crippen LogP contribution >= 0.6 is 15.9 Å². The number of aromatic carboxylic acids is 1.